The fourth-order valence-corrected chi connectivity index (χ4v) is 0.993. The van der Waals surface area contributed by atoms with Gasteiger partial charge in [-0.2, -0.15) is 0 Å². The number of benzene rings is 1. The quantitative estimate of drug-likeness (QED) is 0.717. The maximum atomic E-state index is 10.2. The number of aliphatic imine (C=N–C) groups is 1. The molecular weight excluding hydrogens is 166 g/mol. The Hall–Kier alpha value is -1.64. The molecule has 68 valence electrons. The van der Waals surface area contributed by atoms with Crippen molar-refractivity contribution in [2.75, 3.05) is 0 Å². The minimum Gasteiger partial charge on any atom is -0.477 e. The highest BCUT2D eigenvalue weighted by atomic mass is 16.4. The molecule has 0 saturated heterocycles. The Labute approximate surface area is 76.7 Å². The van der Waals surface area contributed by atoms with Gasteiger partial charge in [0.05, 0.1) is 6.04 Å². The van der Waals surface area contributed by atoms with Gasteiger partial charge in [0.2, 0.25) is 0 Å². The molecule has 1 aromatic carbocycles. The van der Waals surface area contributed by atoms with Crippen molar-refractivity contribution < 1.29 is 9.90 Å². The van der Waals surface area contributed by atoms with E-state index < -0.39 is 5.97 Å². The van der Waals surface area contributed by atoms with Crippen molar-refractivity contribution in [1.29, 1.82) is 0 Å². The molecule has 0 radical (unpaired) electrons. The average Bonchev–Trinajstić information content (AvgIpc) is 2.15. The summed E-state index contributed by atoms with van der Waals surface area (Å²) in [5, 5.41) is 8.36. The Morgan fingerprint density at radius 1 is 1.46 bits per heavy atom. The molecule has 0 aliphatic rings. The summed E-state index contributed by atoms with van der Waals surface area (Å²) in [6.07, 6.45) is 0.928. The number of hydrogen-bond acceptors (Lipinski definition) is 2. The second-order valence-electron chi connectivity index (χ2n) is 2.70. The van der Waals surface area contributed by atoms with Crippen LogP contribution in [0.5, 0.6) is 0 Å². The van der Waals surface area contributed by atoms with E-state index in [1.165, 1.54) is 0 Å². The van der Waals surface area contributed by atoms with Crippen molar-refractivity contribution in [3.8, 4) is 0 Å². The molecule has 0 amide bonds. The Morgan fingerprint density at radius 3 is 2.62 bits per heavy atom. The molecular formula is C10H11NO2. The van der Waals surface area contributed by atoms with Crippen LogP contribution in [0, 0.1) is 0 Å². The summed E-state index contributed by atoms with van der Waals surface area (Å²) in [7, 11) is 0. The molecule has 1 aromatic rings. The van der Waals surface area contributed by atoms with Crippen LogP contribution in [0.15, 0.2) is 35.3 Å². The fourth-order valence-electron chi connectivity index (χ4n) is 0.993. The van der Waals surface area contributed by atoms with E-state index >= 15 is 0 Å². The van der Waals surface area contributed by atoms with Gasteiger partial charge in [-0.05, 0) is 12.5 Å². The number of nitrogens with zero attached hydrogens (tertiary/aromatic N) is 1. The lowest BCUT2D eigenvalue weighted by Gasteiger charge is -2.04. The first-order chi connectivity index (χ1) is 6.20. The van der Waals surface area contributed by atoms with Crippen LogP contribution in [0.4, 0.5) is 0 Å². The first-order valence-electron chi connectivity index (χ1n) is 4.01. The van der Waals surface area contributed by atoms with E-state index in [0.717, 1.165) is 11.8 Å². The second kappa shape index (κ2) is 4.40. The van der Waals surface area contributed by atoms with Crippen LogP contribution in [0.1, 0.15) is 18.5 Å². The predicted octanol–water partition coefficient (Wildman–Crippen LogP) is 1.90. The summed E-state index contributed by atoms with van der Waals surface area (Å²) >= 11 is 0. The largest absolute Gasteiger partial charge is 0.477 e. The number of aliphatic carboxylic acids is 1. The lowest BCUT2D eigenvalue weighted by atomic mass is 10.1. The Morgan fingerprint density at radius 2 is 2.08 bits per heavy atom. The van der Waals surface area contributed by atoms with Crippen LogP contribution in [0.2, 0.25) is 0 Å². The van der Waals surface area contributed by atoms with Gasteiger partial charge in [0, 0.05) is 0 Å². The molecule has 1 N–H and O–H groups in total. The van der Waals surface area contributed by atoms with Crippen molar-refractivity contribution in [1.82, 2.24) is 0 Å². The number of rotatable bonds is 3. The van der Waals surface area contributed by atoms with Crippen molar-refractivity contribution in [2.24, 2.45) is 4.99 Å². The molecule has 0 saturated carbocycles. The molecule has 0 spiro atoms. The van der Waals surface area contributed by atoms with Crippen LogP contribution >= 0.6 is 0 Å². The molecule has 0 aromatic heterocycles. The summed E-state index contributed by atoms with van der Waals surface area (Å²) in [6, 6.07) is 9.46. The Kier molecular flexibility index (Phi) is 3.20. The number of hydrogen-bond donors (Lipinski definition) is 1. The van der Waals surface area contributed by atoms with E-state index in [4.69, 9.17) is 5.11 Å². The summed E-state index contributed by atoms with van der Waals surface area (Å²) < 4.78 is 0. The Balaban J connectivity index is 2.69. The van der Waals surface area contributed by atoms with E-state index in [-0.39, 0.29) is 6.04 Å². The van der Waals surface area contributed by atoms with E-state index in [1.807, 2.05) is 37.3 Å². The molecule has 0 bridgehead atoms. The fraction of sp³-hybridized carbons (Fsp3) is 0.200. The van der Waals surface area contributed by atoms with Crippen LogP contribution in [-0.4, -0.2) is 17.3 Å². The van der Waals surface area contributed by atoms with Crippen molar-refractivity contribution in [3.05, 3.63) is 35.9 Å². The van der Waals surface area contributed by atoms with Crippen molar-refractivity contribution >= 4 is 12.2 Å². The summed E-state index contributed by atoms with van der Waals surface area (Å²) in [5.41, 5.74) is 1.01. The highest BCUT2D eigenvalue weighted by Gasteiger charge is 2.00. The zero-order valence-corrected chi connectivity index (χ0v) is 7.34. The third-order valence-electron chi connectivity index (χ3n) is 1.69. The van der Waals surface area contributed by atoms with Crippen LogP contribution in [0.3, 0.4) is 0 Å². The van der Waals surface area contributed by atoms with Gasteiger partial charge in [0.25, 0.3) is 0 Å². The van der Waals surface area contributed by atoms with Gasteiger partial charge in [0.15, 0.2) is 0 Å². The van der Waals surface area contributed by atoms with Crippen LogP contribution in [0.25, 0.3) is 0 Å². The van der Waals surface area contributed by atoms with E-state index in [0.29, 0.717) is 0 Å². The monoisotopic (exact) mass is 177 g/mol. The third-order valence-corrected chi connectivity index (χ3v) is 1.69. The van der Waals surface area contributed by atoms with Gasteiger partial charge in [-0.1, -0.05) is 30.3 Å². The number of carboxylic acid groups (broad SMARTS) is 1. The molecule has 1 atom stereocenters. The molecule has 0 aliphatic heterocycles. The second-order valence-corrected chi connectivity index (χ2v) is 2.70. The summed E-state index contributed by atoms with van der Waals surface area (Å²) in [4.78, 5) is 14.1. The molecule has 3 nitrogen and oxygen atoms in total. The minimum absolute atomic E-state index is 0.0997. The molecule has 1 rings (SSSR count). The van der Waals surface area contributed by atoms with Gasteiger partial charge in [-0.25, -0.2) is 4.79 Å². The van der Waals surface area contributed by atoms with Crippen molar-refractivity contribution in [2.45, 2.75) is 13.0 Å². The van der Waals surface area contributed by atoms with Gasteiger partial charge in [0.1, 0.15) is 6.21 Å². The summed E-state index contributed by atoms with van der Waals surface area (Å²) in [5.74, 6) is -1.01. The Bertz CT molecular complexity index is 306. The lowest BCUT2D eigenvalue weighted by molar-refractivity contribution is -0.128. The third kappa shape index (κ3) is 3.07. The van der Waals surface area contributed by atoms with Gasteiger partial charge < -0.3 is 5.11 Å². The SMILES string of the molecule is CC(N=CC(=O)O)c1ccccc1. The summed E-state index contributed by atoms with van der Waals surface area (Å²) in [6.45, 7) is 1.86. The van der Waals surface area contributed by atoms with Gasteiger partial charge in [-0.3, -0.25) is 4.99 Å². The smallest absolute Gasteiger partial charge is 0.346 e. The molecule has 3 heteroatoms. The van der Waals surface area contributed by atoms with Crippen molar-refractivity contribution in [3.63, 3.8) is 0 Å². The maximum absolute atomic E-state index is 10.2. The van der Waals surface area contributed by atoms with Gasteiger partial charge in [-0.15, -0.1) is 0 Å². The minimum atomic E-state index is -1.01. The molecule has 0 heterocycles. The first kappa shape index (κ1) is 9.45. The van der Waals surface area contributed by atoms with Crippen LogP contribution < -0.4 is 0 Å². The zero-order chi connectivity index (χ0) is 9.68. The van der Waals surface area contributed by atoms with E-state index in [2.05, 4.69) is 4.99 Å². The highest BCUT2D eigenvalue weighted by Crippen LogP contribution is 2.14. The predicted molar refractivity (Wildman–Crippen MR) is 51.0 cm³/mol. The number of carbonyl (C=O) groups is 1. The zero-order valence-electron chi connectivity index (χ0n) is 7.34. The van der Waals surface area contributed by atoms with E-state index in [1.54, 1.807) is 0 Å². The molecule has 13 heavy (non-hydrogen) atoms. The highest BCUT2D eigenvalue weighted by molar-refractivity contribution is 6.22. The molecule has 0 fully saturated rings. The van der Waals surface area contributed by atoms with Gasteiger partial charge >= 0.3 is 5.97 Å². The average molecular weight is 177 g/mol. The van der Waals surface area contributed by atoms with E-state index in [9.17, 15) is 4.79 Å². The number of carboxylic acids is 1. The maximum Gasteiger partial charge on any atom is 0.346 e. The first-order valence-corrected chi connectivity index (χ1v) is 4.01. The standard InChI is InChI=1S/C10H11NO2/c1-8(11-7-10(12)13)9-5-3-2-4-6-9/h2-8H,1H3,(H,12,13). The molecule has 1 unspecified atom stereocenters. The normalized spacial score (nSPS) is 13.0. The molecule has 0 aliphatic carbocycles. The lowest BCUT2D eigenvalue weighted by Crippen LogP contribution is -1.98. The van der Waals surface area contributed by atoms with Crippen LogP contribution in [-0.2, 0) is 4.79 Å². The topological polar surface area (TPSA) is 49.7 Å².